The average molecular weight is 311 g/mol. The Bertz CT molecular complexity index is 666. The van der Waals surface area contributed by atoms with Crippen molar-refractivity contribution in [1.82, 2.24) is 19.9 Å². The predicted molar refractivity (Wildman–Crippen MR) is 81.5 cm³/mol. The minimum Gasteiger partial charge on any atom is -0.481 e. The van der Waals surface area contributed by atoms with Crippen LogP contribution in [0.4, 0.5) is 0 Å². The summed E-state index contributed by atoms with van der Waals surface area (Å²) in [5.74, 6) is 1.39. The lowest BCUT2D eigenvalue weighted by Crippen LogP contribution is -2.38. The van der Waals surface area contributed by atoms with Gasteiger partial charge >= 0.3 is 0 Å². The molecular formula is C14H19ClN4O2. The lowest BCUT2D eigenvalue weighted by molar-refractivity contribution is -0.129. The molecule has 0 fully saturated rings. The van der Waals surface area contributed by atoms with Gasteiger partial charge in [0.15, 0.2) is 5.65 Å². The van der Waals surface area contributed by atoms with Gasteiger partial charge in [0.1, 0.15) is 11.3 Å². The van der Waals surface area contributed by atoms with E-state index in [1.165, 1.54) is 0 Å². The molecule has 114 valence electrons. The molecule has 21 heavy (non-hydrogen) atoms. The lowest BCUT2D eigenvalue weighted by atomic mass is 9.92. The van der Waals surface area contributed by atoms with Gasteiger partial charge in [0.25, 0.3) is 0 Å². The van der Waals surface area contributed by atoms with Crippen molar-refractivity contribution >= 4 is 28.7 Å². The van der Waals surface area contributed by atoms with E-state index < -0.39 is 5.41 Å². The summed E-state index contributed by atoms with van der Waals surface area (Å²) in [6.45, 7) is 4.18. The summed E-state index contributed by atoms with van der Waals surface area (Å²) < 4.78 is 7.03. The Morgan fingerprint density at radius 2 is 2.14 bits per heavy atom. The van der Waals surface area contributed by atoms with Gasteiger partial charge in [-0.2, -0.15) is 4.98 Å². The maximum atomic E-state index is 12.0. The van der Waals surface area contributed by atoms with Crippen LogP contribution >= 0.6 is 11.6 Å². The highest BCUT2D eigenvalue weighted by molar-refractivity contribution is 6.16. The van der Waals surface area contributed by atoms with Gasteiger partial charge in [0, 0.05) is 19.7 Å². The van der Waals surface area contributed by atoms with E-state index in [9.17, 15) is 4.79 Å². The zero-order valence-electron chi connectivity index (χ0n) is 12.6. The number of hydrogen-bond donors (Lipinski definition) is 1. The van der Waals surface area contributed by atoms with Crippen LogP contribution in [0.15, 0.2) is 12.1 Å². The first-order chi connectivity index (χ1) is 9.92. The van der Waals surface area contributed by atoms with Gasteiger partial charge in [-0.25, -0.2) is 4.98 Å². The number of ether oxygens (including phenoxy) is 1. The van der Waals surface area contributed by atoms with Gasteiger partial charge in [0.2, 0.25) is 11.8 Å². The van der Waals surface area contributed by atoms with E-state index in [1.54, 1.807) is 20.2 Å². The molecule has 0 saturated heterocycles. The van der Waals surface area contributed by atoms with Crippen LogP contribution in [0.2, 0.25) is 0 Å². The third-order valence-corrected chi connectivity index (χ3v) is 3.61. The molecule has 2 aromatic rings. The molecule has 2 rings (SSSR count). The number of amides is 1. The first-order valence-corrected chi connectivity index (χ1v) is 7.14. The van der Waals surface area contributed by atoms with Gasteiger partial charge < -0.3 is 14.6 Å². The lowest BCUT2D eigenvalue weighted by Gasteiger charge is -2.24. The van der Waals surface area contributed by atoms with E-state index in [2.05, 4.69) is 15.3 Å². The van der Waals surface area contributed by atoms with Gasteiger partial charge in [-0.15, -0.1) is 11.6 Å². The maximum Gasteiger partial charge on any atom is 0.227 e. The Morgan fingerprint density at radius 1 is 1.43 bits per heavy atom. The van der Waals surface area contributed by atoms with Crippen LogP contribution in [0.25, 0.3) is 11.2 Å². The van der Waals surface area contributed by atoms with Crippen LogP contribution in [-0.2, 0) is 17.2 Å². The molecule has 0 spiro atoms. The number of methoxy groups -OCH3 is 1. The van der Waals surface area contributed by atoms with Crippen LogP contribution in [0.3, 0.4) is 0 Å². The number of nitrogens with zero attached hydrogens (tertiary/aromatic N) is 3. The standard InChI is InChI=1S/C14H19ClN4O2/c1-14(2,13(20)16-3)8-19-10(7-15)17-9-5-6-11(21-4)18-12(9)19/h5-6H,7-8H2,1-4H3,(H,16,20). The Balaban J connectivity index is 2.52. The second kappa shape index (κ2) is 5.89. The van der Waals surface area contributed by atoms with Crippen LogP contribution in [0.5, 0.6) is 5.88 Å². The van der Waals surface area contributed by atoms with Crippen LogP contribution in [-0.4, -0.2) is 34.6 Å². The number of carbonyl (C=O) groups is 1. The Morgan fingerprint density at radius 3 is 2.71 bits per heavy atom. The molecule has 7 heteroatoms. The predicted octanol–water partition coefficient (Wildman–Crippen LogP) is 1.95. The van der Waals surface area contributed by atoms with E-state index in [4.69, 9.17) is 16.3 Å². The second-order valence-electron chi connectivity index (χ2n) is 5.41. The third-order valence-electron chi connectivity index (χ3n) is 3.37. The Labute approximate surface area is 128 Å². The smallest absolute Gasteiger partial charge is 0.227 e. The van der Waals surface area contributed by atoms with Gasteiger partial charge in [-0.3, -0.25) is 4.79 Å². The summed E-state index contributed by atoms with van der Waals surface area (Å²) in [5, 5.41) is 2.68. The molecule has 0 aromatic carbocycles. The monoisotopic (exact) mass is 310 g/mol. The number of fused-ring (bicyclic) bond motifs is 1. The van der Waals surface area contributed by atoms with E-state index in [-0.39, 0.29) is 11.8 Å². The first-order valence-electron chi connectivity index (χ1n) is 6.61. The minimum atomic E-state index is -0.603. The summed E-state index contributed by atoms with van der Waals surface area (Å²) in [5.41, 5.74) is 0.801. The summed E-state index contributed by atoms with van der Waals surface area (Å²) in [6, 6.07) is 3.59. The van der Waals surface area contributed by atoms with Crippen LogP contribution in [0.1, 0.15) is 19.7 Å². The zero-order valence-corrected chi connectivity index (χ0v) is 13.4. The molecular weight excluding hydrogens is 292 g/mol. The molecule has 0 saturated carbocycles. The number of aromatic nitrogens is 3. The normalized spacial score (nSPS) is 11.7. The Kier molecular flexibility index (Phi) is 4.37. The molecule has 0 aliphatic rings. The summed E-state index contributed by atoms with van der Waals surface area (Å²) in [6.07, 6.45) is 0. The number of imidazole rings is 1. The number of pyridine rings is 1. The molecule has 1 amide bonds. The first kappa shape index (κ1) is 15.6. The number of nitrogens with one attached hydrogen (secondary N) is 1. The van der Waals surface area contributed by atoms with E-state index in [0.29, 0.717) is 23.9 Å². The molecule has 0 atom stereocenters. The van der Waals surface area contributed by atoms with Crippen molar-refractivity contribution in [2.75, 3.05) is 14.2 Å². The van der Waals surface area contributed by atoms with E-state index in [1.807, 2.05) is 24.5 Å². The molecule has 2 heterocycles. The molecule has 6 nitrogen and oxygen atoms in total. The van der Waals surface area contributed by atoms with E-state index >= 15 is 0 Å². The van der Waals surface area contributed by atoms with Crippen molar-refractivity contribution in [1.29, 1.82) is 0 Å². The largest absolute Gasteiger partial charge is 0.481 e. The van der Waals surface area contributed by atoms with Crippen LogP contribution in [0, 0.1) is 5.41 Å². The molecule has 0 radical (unpaired) electrons. The van der Waals surface area contributed by atoms with Crippen molar-refractivity contribution in [2.45, 2.75) is 26.3 Å². The fourth-order valence-corrected chi connectivity index (χ4v) is 2.42. The molecule has 1 N–H and O–H groups in total. The van der Waals surface area contributed by atoms with Crippen molar-refractivity contribution in [3.05, 3.63) is 18.0 Å². The van der Waals surface area contributed by atoms with Crippen LogP contribution < -0.4 is 10.1 Å². The second-order valence-corrected chi connectivity index (χ2v) is 5.67. The zero-order chi connectivity index (χ0) is 15.6. The van der Waals surface area contributed by atoms with Gasteiger partial charge in [-0.1, -0.05) is 0 Å². The number of halogens is 1. The highest BCUT2D eigenvalue weighted by Gasteiger charge is 2.29. The molecule has 0 bridgehead atoms. The molecule has 0 aliphatic heterocycles. The minimum absolute atomic E-state index is 0.0484. The Hall–Kier alpha value is -1.82. The summed E-state index contributed by atoms with van der Waals surface area (Å²) in [4.78, 5) is 20.9. The number of alkyl halides is 1. The third kappa shape index (κ3) is 2.95. The molecule has 2 aromatic heterocycles. The highest BCUT2D eigenvalue weighted by atomic mass is 35.5. The van der Waals surface area contributed by atoms with Gasteiger partial charge in [-0.05, 0) is 19.9 Å². The van der Waals surface area contributed by atoms with Crippen molar-refractivity contribution < 1.29 is 9.53 Å². The van der Waals surface area contributed by atoms with Crippen molar-refractivity contribution in [2.24, 2.45) is 5.41 Å². The summed E-state index contributed by atoms with van der Waals surface area (Å²) in [7, 11) is 3.19. The fourth-order valence-electron chi connectivity index (χ4n) is 2.22. The highest BCUT2D eigenvalue weighted by Crippen LogP contribution is 2.25. The molecule has 0 unspecified atom stereocenters. The number of rotatable bonds is 5. The number of hydrogen-bond acceptors (Lipinski definition) is 4. The van der Waals surface area contributed by atoms with Crippen molar-refractivity contribution in [3.8, 4) is 5.88 Å². The topological polar surface area (TPSA) is 69.0 Å². The maximum absolute atomic E-state index is 12.0. The quantitative estimate of drug-likeness (QED) is 0.857. The SMILES string of the molecule is CNC(=O)C(C)(C)Cn1c(CCl)nc2ccc(OC)nc21. The van der Waals surface area contributed by atoms with E-state index in [0.717, 1.165) is 5.52 Å². The summed E-state index contributed by atoms with van der Waals surface area (Å²) >= 11 is 5.98. The average Bonchev–Trinajstić information content (AvgIpc) is 2.82. The molecule has 0 aliphatic carbocycles. The van der Waals surface area contributed by atoms with Crippen molar-refractivity contribution in [3.63, 3.8) is 0 Å². The fraction of sp³-hybridized carbons (Fsp3) is 0.500. The van der Waals surface area contributed by atoms with Gasteiger partial charge in [0.05, 0.1) is 18.4 Å². The number of carbonyl (C=O) groups excluding carboxylic acids is 1.